The molecule has 0 amide bonds. The van der Waals surface area contributed by atoms with Gasteiger partial charge in [0.15, 0.2) is 8.32 Å². The molecule has 0 aliphatic carbocycles. The predicted octanol–water partition coefficient (Wildman–Crippen LogP) is 6.72. The molecule has 1 aromatic carbocycles. The standard InChI is InChI=1S/C26H37NO3Si/c1-26(2,3)31(4,5)30-19-17-21-12-9-10-15-23(21)24(22-13-11-18-27-20-22)14-7-6-8-16-25(28)29/h9-15,18,20H,6-8,16-17,19H2,1-5H3,(H,28,29)/b24-14-. The van der Waals surface area contributed by atoms with Gasteiger partial charge in [-0.1, -0.05) is 57.2 Å². The topological polar surface area (TPSA) is 59.4 Å². The number of hydrogen-bond acceptors (Lipinski definition) is 3. The van der Waals surface area contributed by atoms with E-state index < -0.39 is 14.3 Å². The average Bonchev–Trinajstić information content (AvgIpc) is 2.71. The Balaban J connectivity index is 2.21. The van der Waals surface area contributed by atoms with Crippen LogP contribution in [0.2, 0.25) is 18.1 Å². The monoisotopic (exact) mass is 439 g/mol. The number of allylic oxidation sites excluding steroid dienone is 1. The van der Waals surface area contributed by atoms with Crippen LogP contribution in [0.25, 0.3) is 5.57 Å². The molecule has 31 heavy (non-hydrogen) atoms. The molecule has 0 unspecified atom stereocenters. The fourth-order valence-corrected chi connectivity index (χ4v) is 4.25. The molecule has 0 spiro atoms. The van der Waals surface area contributed by atoms with E-state index in [-0.39, 0.29) is 11.5 Å². The lowest BCUT2D eigenvalue weighted by molar-refractivity contribution is -0.137. The number of rotatable bonds is 11. The van der Waals surface area contributed by atoms with Crippen LogP contribution in [0.3, 0.4) is 0 Å². The molecule has 5 heteroatoms. The smallest absolute Gasteiger partial charge is 0.303 e. The second-order valence-electron chi connectivity index (χ2n) is 9.51. The summed E-state index contributed by atoms with van der Waals surface area (Å²) in [6, 6.07) is 12.5. The second kappa shape index (κ2) is 11.4. The summed E-state index contributed by atoms with van der Waals surface area (Å²) in [4.78, 5) is 15.1. The minimum absolute atomic E-state index is 0.198. The molecule has 0 aliphatic rings. The molecule has 0 saturated heterocycles. The summed E-state index contributed by atoms with van der Waals surface area (Å²) in [7, 11) is -1.78. The third kappa shape index (κ3) is 7.75. The van der Waals surface area contributed by atoms with Crippen molar-refractivity contribution in [3.8, 4) is 0 Å². The molecule has 4 nitrogen and oxygen atoms in total. The molecule has 1 aromatic heterocycles. The van der Waals surface area contributed by atoms with Gasteiger partial charge < -0.3 is 9.53 Å². The number of carboxylic acids is 1. The Bertz CT molecular complexity index is 870. The highest BCUT2D eigenvalue weighted by Gasteiger charge is 2.36. The van der Waals surface area contributed by atoms with Crippen molar-refractivity contribution in [3.63, 3.8) is 0 Å². The van der Waals surface area contributed by atoms with E-state index in [4.69, 9.17) is 9.53 Å². The molecule has 168 valence electrons. The minimum Gasteiger partial charge on any atom is -0.481 e. The van der Waals surface area contributed by atoms with Crippen molar-refractivity contribution in [2.24, 2.45) is 0 Å². The van der Waals surface area contributed by atoms with Gasteiger partial charge in [-0.25, -0.2) is 0 Å². The van der Waals surface area contributed by atoms with Crippen LogP contribution >= 0.6 is 0 Å². The van der Waals surface area contributed by atoms with Crippen LogP contribution in [-0.2, 0) is 15.6 Å². The highest BCUT2D eigenvalue weighted by Crippen LogP contribution is 2.36. The molecule has 0 radical (unpaired) electrons. The normalized spacial score (nSPS) is 12.7. The SMILES string of the molecule is CC(C)(C)[Si](C)(C)OCCc1ccccc1/C(=C\CCCCC(=O)O)c1cccnc1. The van der Waals surface area contributed by atoms with Crippen molar-refractivity contribution in [1.82, 2.24) is 4.98 Å². The van der Waals surface area contributed by atoms with E-state index in [1.165, 1.54) is 11.1 Å². The number of aliphatic carboxylic acids is 1. The fraction of sp³-hybridized carbons (Fsp3) is 0.462. The summed E-state index contributed by atoms with van der Waals surface area (Å²) in [6.45, 7) is 12.1. The number of carbonyl (C=O) groups is 1. The Morgan fingerprint density at radius 2 is 1.87 bits per heavy atom. The molecule has 0 bridgehead atoms. The summed E-state index contributed by atoms with van der Waals surface area (Å²) in [5, 5.41) is 9.07. The number of pyridine rings is 1. The van der Waals surface area contributed by atoms with Gasteiger partial charge in [0.1, 0.15) is 0 Å². The van der Waals surface area contributed by atoms with Gasteiger partial charge in [0, 0.05) is 31.0 Å². The molecule has 0 aliphatic heterocycles. The zero-order valence-corrected chi connectivity index (χ0v) is 20.6. The quantitative estimate of drug-likeness (QED) is 0.312. The number of unbranched alkanes of at least 4 members (excludes halogenated alkanes) is 2. The van der Waals surface area contributed by atoms with Gasteiger partial charge in [-0.3, -0.25) is 9.78 Å². The summed E-state index contributed by atoms with van der Waals surface area (Å²) in [5.74, 6) is -0.733. The summed E-state index contributed by atoms with van der Waals surface area (Å²) < 4.78 is 6.43. The Morgan fingerprint density at radius 3 is 2.52 bits per heavy atom. The summed E-state index contributed by atoms with van der Waals surface area (Å²) in [5.41, 5.74) is 4.71. The lowest BCUT2D eigenvalue weighted by atomic mass is 9.92. The van der Waals surface area contributed by atoms with Crippen molar-refractivity contribution in [2.45, 2.75) is 71.0 Å². The third-order valence-corrected chi connectivity index (χ3v) is 10.7. The van der Waals surface area contributed by atoms with Crippen LogP contribution in [0.15, 0.2) is 54.9 Å². The van der Waals surface area contributed by atoms with Crippen LogP contribution in [0, 0.1) is 0 Å². The van der Waals surface area contributed by atoms with E-state index in [1.807, 2.05) is 12.3 Å². The molecule has 1 N–H and O–H groups in total. The lowest BCUT2D eigenvalue weighted by Crippen LogP contribution is -2.41. The van der Waals surface area contributed by atoms with Crippen molar-refractivity contribution in [3.05, 3.63) is 71.6 Å². The first-order valence-corrected chi connectivity index (χ1v) is 14.1. The van der Waals surface area contributed by atoms with Crippen LogP contribution < -0.4 is 0 Å². The third-order valence-electron chi connectivity index (χ3n) is 6.11. The highest BCUT2D eigenvalue weighted by atomic mass is 28.4. The van der Waals surface area contributed by atoms with E-state index in [0.29, 0.717) is 13.0 Å². The number of hydrogen-bond donors (Lipinski definition) is 1. The number of carboxylic acid groups (broad SMARTS) is 1. The lowest BCUT2D eigenvalue weighted by Gasteiger charge is -2.36. The molecule has 0 fully saturated rings. The van der Waals surface area contributed by atoms with E-state index in [0.717, 1.165) is 30.4 Å². The largest absolute Gasteiger partial charge is 0.481 e. The van der Waals surface area contributed by atoms with Crippen molar-refractivity contribution >= 4 is 19.9 Å². The molecule has 0 atom stereocenters. The van der Waals surface area contributed by atoms with Gasteiger partial charge in [0.05, 0.1) is 0 Å². The Hall–Kier alpha value is -2.24. The van der Waals surface area contributed by atoms with Gasteiger partial charge in [0.2, 0.25) is 0 Å². The first kappa shape index (κ1) is 25.0. The molecule has 1 heterocycles. The maximum absolute atomic E-state index is 10.8. The van der Waals surface area contributed by atoms with Crippen molar-refractivity contribution in [2.75, 3.05) is 6.61 Å². The van der Waals surface area contributed by atoms with Gasteiger partial charge in [-0.2, -0.15) is 0 Å². The van der Waals surface area contributed by atoms with Crippen LogP contribution in [0.4, 0.5) is 0 Å². The molecular weight excluding hydrogens is 402 g/mol. The van der Waals surface area contributed by atoms with Crippen LogP contribution in [0.5, 0.6) is 0 Å². The van der Waals surface area contributed by atoms with Crippen molar-refractivity contribution < 1.29 is 14.3 Å². The summed E-state index contributed by atoms with van der Waals surface area (Å²) in [6.07, 6.45) is 9.37. The zero-order valence-electron chi connectivity index (χ0n) is 19.6. The summed E-state index contributed by atoms with van der Waals surface area (Å²) >= 11 is 0. The van der Waals surface area contributed by atoms with Crippen LogP contribution in [0.1, 0.15) is 63.1 Å². The predicted molar refractivity (Wildman–Crippen MR) is 131 cm³/mol. The van der Waals surface area contributed by atoms with E-state index >= 15 is 0 Å². The second-order valence-corrected chi connectivity index (χ2v) is 14.3. The number of benzene rings is 1. The first-order valence-electron chi connectivity index (χ1n) is 11.2. The minimum atomic E-state index is -1.78. The molecule has 0 saturated carbocycles. The first-order chi connectivity index (χ1) is 14.6. The van der Waals surface area contributed by atoms with Gasteiger partial charge >= 0.3 is 5.97 Å². The van der Waals surface area contributed by atoms with E-state index in [2.05, 4.69) is 75.3 Å². The maximum atomic E-state index is 10.8. The van der Waals surface area contributed by atoms with Gasteiger partial charge in [-0.15, -0.1) is 0 Å². The number of nitrogens with zero attached hydrogens (tertiary/aromatic N) is 1. The van der Waals surface area contributed by atoms with Crippen LogP contribution in [-0.4, -0.2) is 31.0 Å². The molecule has 2 rings (SSSR count). The van der Waals surface area contributed by atoms with Gasteiger partial charge in [-0.05, 0) is 66.6 Å². The van der Waals surface area contributed by atoms with E-state index in [9.17, 15) is 4.79 Å². The average molecular weight is 440 g/mol. The van der Waals surface area contributed by atoms with Crippen molar-refractivity contribution in [1.29, 1.82) is 0 Å². The van der Waals surface area contributed by atoms with Gasteiger partial charge in [0.25, 0.3) is 0 Å². The Kier molecular flexibility index (Phi) is 9.20. The molecular formula is C26H37NO3Si. The Labute approximate surface area is 188 Å². The highest BCUT2D eigenvalue weighted by molar-refractivity contribution is 6.74. The Morgan fingerprint density at radius 1 is 1.13 bits per heavy atom. The zero-order chi connectivity index (χ0) is 22.9. The molecule has 2 aromatic rings. The maximum Gasteiger partial charge on any atom is 0.303 e. The van der Waals surface area contributed by atoms with E-state index in [1.54, 1.807) is 6.20 Å². The fourth-order valence-electron chi connectivity index (χ4n) is 3.21. The number of aromatic nitrogens is 1.